The Balaban J connectivity index is 1.31. The summed E-state index contributed by atoms with van der Waals surface area (Å²) in [4.78, 5) is 25.9. The minimum atomic E-state index is -0.294. The van der Waals surface area contributed by atoms with Crippen molar-refractivity contribution < 1.29 is 23.8 Å². The number of nitrogens with zero attached hydrogens (tertiary/aromatic N) is 3. The van der Waals surface area contributed by atoms with Gasteiger partial charge in [-0.25, -0.2) is 4.39 Å². The van der Waals surface area contributed by atoms with Crippen molar-refractivity contribution in [2.45, 2.75) is 50.8 Å². The second-order valence-corrected chi connectivity index (χ2v) is 10.3. The van der Waals surface area contributed by atoms with Gasteiger partial charge in [0.1, 0.15) is 5.82 Å². The number of hydrogen-bond acceptors (Lipinski definition) is 11. The van der Waals surface area contributed by atoms with Crippen LogP contribution in [-0.4, -0.2) is 77.6 Å². The monoisotopic (exact) mass is 596 g/mol. The maximum Gasteiger partial charge on any atom is 0.233 e. The van der Waals surface area contributed by atoms with Crippen molar-refractivity contribution in [3.05, 3.63) is 65.5 Å². The summed E-state index contributed by atoms with van der Waals surface area (Å²) >= 11 is 0. The van der Waals surface area contributed by atoms with Gasteiger partial charge in [-0.15, -0.1) is 0 Å². The molecule has 43 heavy (non-hydrogen) atoms. The third-order valence-electron chi connectivity index (χ3n) is 6.81. The fourth-order valence-corrected chi connectivity index (χ4v) is 4.51. The molecule has 1 heterocycles. The number of nitrogens with one attached hydrogen (secondary N) is 4. The quantitative estimate of drug-likeness (QED) is 0.127. The van der Waals surface area contributed by atoms with Crippen molar-refractivity contribution in [2.24, 2.45) is 5.73 Å². The molecule has 0 atom stereocenters. The molecule has 0 saturated heterocycles. The van der Waals surface area contributed by atoms with Gasteiger partial charge in [-0.1, -0.05) is 24.3 Å². The first-order valence-electron chi connectivity index (χ1n) is 14.6. The summed E-state index contributed by atoms with van der Waals surface area (Å²) in [6.07, 6.45) is 3.08. The van der Waals surface area contributed by atoms with Crippen LogP contribution < -0.4 is 27.0 Å². The number of aliphatic hydroxyl groups excluding tert-OH is 1. The largest absolute Gasteiger partial charge is 0.393 e. The number of halogens is 1. The van der Waals surface area contributed by atoms with Gasteiger partial charge in [-0.05, 0) is 61.1 Å². The minimum Gasteiger partial charge on any atom is -0.393 e. The number of aromatic nitrogens is 3. The number of nitrogens with two attached hydrogens (primary N) is 1. The van der Waals surface area contributed by atoms with Gasteiger partial charge in [0.05, 0.1) is 39.0 Å². The lowest BCUT2D eigenvalue weighted by Gasteiger charge is -2.26. The Morgan fingerprint density at radius 2 is 1.51 bits per heavy atom. The summed E-state index contributed by atoms with van der Waals surface area (Å²) in [6, 6.07) is 13.8. The van der Waals surface area contributed by atoms with E-state index in [1.165, 1.54) is 12.1 Å². The van der Waals surface area contributed by atoms with Crippen LogP contribution in [-0.2, 0) is 27.2 Å². The van der Waals surface area contributed by atoms with Crippen LogP contribution >= 0.6 is 0 Å². The summed E-state index contributed by atoms with van der Waals surface area (Å²) in [5.41, 5.74) is 7.85. The van der Waals surface area contributed by atoms with Crippen molar-refractivity contribution in [1.82, 2.24) is 20.3 Å². The van der Waals surface area contributed by atoms with E-state index in [0.717, 1.165) is 42.5 Å². The van der Waals surface area contributed by atoms with Gasteiger partial charge in [0.15, 0.2) is 0 Å². The van der Waals surface area contributed by atoms with Gasteiger partial charge < -0.3 is 41.6 Å². The molecule has 1 amide bonds. The number of benzene rings is 2. The molecule has 1 aromatic heterocycles. The summed E-state index contributed by atoms with van der Waals surface area (Å²) in [5, 5.41) is 22.5. The van der Waals surface area contributed by atoms with Gasteiger partial charge in [-0.2, -0.15) is 15.0 Å². The van der Waals surface area contributed by atoms with Gasteiger partial charge in [0, 0.05) is 31.4 Å². The summed E-state index contributed by atoms with van der Waals surface area (Å²) in [5.74, 6) is 0.733. The lowest BCUT2D eigenvalue weighted by molar-refractivity contribution is -0.120. The van der Waals surface area contributed by atoms with Crippen LogP contribution in [0.2, 0.25) is 0 Å². The molecule has 4 rings (SSSR count). The number of rotatable bonds is 17. The Bertz CT molecular complexity index is 1260. The van der Waals surface area contributed by atoms with Crippen LogP contribution in [0.25, 0.3) is 0 Å². The predicted octanol–water partition coefficient (Wildman–Crippen LogP) is 2.73. The van der Waals surface area contributed by atoms with E-state index in [9.17, 15) is 14.3 Å². The molecule has 12 nitrogen and oxygen atoms in total. The standard InChI is InChI=1S/C30H41FN8O4/c31-23-5-1-22(2-6-23)20-34-28-37-29(39-30(38-28)36-25-9-11-26(40)12-10-25)35-24-7-3-21(4-8-24)19-27(41)33-14-16-43-18-17-42-15-13-32/h1-8,25-26,40H,9-20,32H2,(H,33,41)(H3,34,35,36,37,38,39). The molecule has 2 aromatic carbocycles. The van der Waals surface area contributed by atoms with E-state index >= 15 is 0 Å². The lowest BCUT2D eigenvalue weighted by Crippen LogP contribution is -2.29. The first kappa shape index (κ1) is 32.0. The molecule has 7 N–H and O–H groups in total. The first-order valence-corrected chi connectivity index (χ1v) is 14.6. The summed E-state index contributed by atoms with van der Waals surface area (Å²) in [6.45, 7) is 3.16. The number of aliphatic hydroxyl groups is 1. The molecule has 0 aliphatic heterocycles. The van der Waals surface area contributed by atoms with Crippen molar-refractivity contribution in [3.63, 3.8) is 0 Å². The van der Waals surface area contributed by atoms with Crippen molar-refractivity contribution >= 4 is 29.4 Å². The molecule has 0 radical (unpaired) electrons. The number of ether oxygens (including phenoxy) is 2. The molecular weight excluding hydrogens is 555 g/mol. The Hall–Kier alpha value is -3.91. The minimum absolute atomic E-state index is 0.0935. The average Bonchev–Trinajstić information content (AvgIpc) is 3.00. The van der Waals surface area contributed by atoms with Gasteiger partial charge >= 0.3 is 0 Å². The highest BCUT2D eigenvalue weighted by Gasteiger charge is 2.20. The van der Waals surface area contributed by atoms with Crippen LogP contribution in [0.3, 0.4) is 0 Å². The van der Waals surface area contributed by atoms with Gasteiger partial charge in [0.25, 0.3) is 0 Å². The lowest BCUT2D eigenvalue weighted by atomic mass is 9.93. The highest BCUT2D eigenvalue weighted by atomic mass is 19.1. The smallest absolute Gasteiger partial charge is 0.233 e. The fourth-order valence-electron chi connectivity index (χ4n) is 4.51. The Morgan fingerprint density at radius 1 is 0.860 bits per heavy atom. The third-order valence-corrected chi connectivity index (χ3v) is 6.81. The zero-order chi connectivity index (χ0) is 30.3. The predicted molar refractivity (Wildman–Crippen MR) is 163 cm³/mol. The molecule has 1 fully saturated rings. The molecule has 1 aliphatic rings. The van der Waals surface area contributed by atoms with Crippen LogP contribution in [0.1, 0.15) is 36.8 Å². The number of anilines is 4. The Morgan fingerprint density at radius 3 is 2.23 bits per heavy atom. The van der Waals surface area contributed by atoms with Crippen LogP contribution in [0.4, 0.5) is 27.9 Å². The normalized spacial score (nSPS) is 16.4. The van der Waals surface area contributed by atoms with E-state index in [4.69, 9.17) is 15.2 Å². The van der Waals surface area contributed by atoms with Crippen LogP contribution in [0.15, 0.2) is 48.5 Å². The number of amides is 1. The van der Waals surface area contributed by atoms with Gasteiger partial charge in [-0.3, -0.25) is 4.79 Å². The zero-order valence-electron chi connectivity index (χ0n) is 24.2. The Kier molecular flexibility index (Phi) is 12.9. The van der Waals surface area contributed by atoms with E-state index in [1.54, 1.807) is 12.1 Å². The molecule has 0 spiro atoms. The molecule has 3 aromatic rings. The molecule has 232 valence electrons. The Labute approximate surface area is 251 Å². The van der Waals surface area contributed by atoms with E-state index in [-0.39, 0.29) is 30.3 Å². The maximum absolute atomic E-state index is 13.3. The van der Waals surface area contributed by atoms with Crippen molar-refractivity contribution in [1.29, 1.82) is 0 Å². The summed E-state index contributed by atoms with van der Waals surface area (Å²) in [7, 11) is 0. The average molecular weight is 597 g/mol. The number of carbonyl (C=O) groups excluding carboxylic acids is 1. The van der Waals surface area contributed by atoms with E-state index in [2.05, 4.69) is 36.2 Å². The fraction of sp³-hybridized carbons (Fsp3) is 0.467. The zero-order valence-corrected chi connectivity index (χ0v) is 24.2. The topological polar surface area (TPSA) is 169 Å². The van der Waals surface area contributed by atoms with Gasteiger partial charge in [0.2, 0.25) is 23.8 Å². The highest BCUT2D eigenvalue weighted by Crippen LogP contribution is 2.23. The molecular formula is C30H41FN8O4. The molecule has 0 unspecified atom stereocenters. The maximum atomic E-state index is 13.3. The van der Waals surface area contributed by atoms with Crippen LogP contribution in [0.5, 0.6) is 0 Å². The molecule has 1 aliphatic carbocycles. The van der Waals surface area contributed by atoms with Crippen molar-refractivity contribution in [3.8, 4) is 0 Å². The highest BCUT2D eigenvalue weighted by molar-refractivity contribution is 5.78. The van der Waals surface area contributed by atoms with E-state index in [1.807, 2.05) is 24.3 Å². The first-order chi connectivity index (χ1) is 21.0. The molecule has 13 heteroatoms. The molecule has 1 saturated carbocycles. The number of hydrogen-bond donors (Lipinski definition) is 6. The second kappa shape index (κ2) is 17.3. The second-order valence-electron chi connectivity index (χ2n) is 10.3. The number of carbonyl (C=O) groups is 1. The third kappa shape index (κ3) is 11.7. The van der Waals surface area contributed by atoms with E-state index < -0.39 is 0 Å². The molecule has 0 bridgehead atoms. The van der Waals surface area contributed by atoms with Crippen LogP contribution in [0, 0.1) is 5.82 Å². The van der Waals surface area contributed by atoms with E-state index in [0.29, 0.717) is 63.9 Å². The SMILES string of the molecule is NCCOCCOCCNC(=O)Cc1ccc(Nc2nc(NCc3ccc(F)cc3)nc(NC3CCC(O)CC3)n2)cc1. The summed E-state index contributed by atoms with van der Waals surface area (Å²) < 4.78 is 24.0. The van der Waals surface area contributed by atoms with Crippen molar-refractivity contribution in [2.75, 3.05) is 55.5 Å².